The number of nitrogens with one attached hydrogen (secondary N) is 2. The van der Waals surface area contributed by atoms with Gasteiger partial charge in [-0.3, -0.25) is 10.1 Å². The molecule has 38 heavy (non-hydrogen) atoms. The zero-order valence-corrected chi connectivity index (χ0v) is 22.5. The van der Waals surface area contributed by atoms with Crippen LogP contribution in [0, 0.1) is 0 Å². The number of anilines is 1. The van der Waals surface area contributed by atoms with E-state index in [0.29, 0.717) is 38.7 Å². The summed E-state index contributed by atoms with van der Waals surface area (Å²) in [7, 11) is 0. The van der Waals surface area contributed by atoms with Gasteiger partial charge in [0.2, 0.25) is 11.8 Å². The van der Waals surface area contributed by atoms with Gasteiger partial charge in [0.15, 0.2) is 10.7 Å². The van der Waals surface area contributed by atoms with E-state index in [1.807, 2.05) is 42.5 Å². The third-order valence-electron chi connectivity index (χ3n) is 5.71. The lowest BCUT2D eigenvalue weighted by molar-refractivity contribution is -0.115. The predicted octanol–water partition coefficient (Wildman–Crippen LogP) is 8.15. The second kappa shape index (κ2) is 11.2. The summed E-state index contributed by atoms with van der Waals surface area (Å²) in [6.07, 6.45) is 3.82. The van der Waals surface area contributed by atoms with Gasteiger partial charge in [-0.15, -0.1) is 0 Å². The average molecular weight is 562 g/mol. The molecule has 2 aromatic heterocycles. The van der Waals surface area contributed by atoms with Crippen molar-refractivity contribution in [2.45, 2.75) is 13.3 Å². The van der Waals surface area contributed by atoms with E-state index in [-0.39, 0.29) is 5.11 Å². The molecule has 0 unspecified atom stereocenters. The number of oxazole rings is 1. The molecule has 0 atom stereocenters. The molecule has 6 nitrogen and oxygen atoms in total. The van der Waals surface area contributed by atoms with Gasteiger partial charge in [-0.2, -0.15) is 0 Å². The van der Waals surface area contributed by atoms with Crippen LogP contribution < -0.4 is 10.6 Å². The topological polar surface area (TPSA) is 80.3 Å². The maximum Gasteiger partial charge on any atom is 0.250 e. The maximum absolute atomic E-state index is 12.3. The van der Waals surface area contributed by atoms with Gasteiger partial charge in [-0.1, -0.05) is 36.2 Å². The van der Waals surface area contributed by atoms with Gasteiger partial charge in [0.1, 0.15) is 17.0 Å². The van der Waals surface area contributed by atoms with E-state index in [1.54, 1.807) is 36.4 Å². The molecule has 2 N–H and O–H groups in total. The molecule has 9 heteroatoms. The number of furan rings is 1. The Balaban J connectivity index is 1.17. The Kier molecular flexibility index (Phi) is 7.60. The van der Waals surface area contributed by atoms with Crippen LogP contribution in [-0.2, 0) is 11.2 Å². The Morgan fingerprint density at radius 2 is 1.82 bits per heavy atom. The molecule has 190 valence electrons. The lowest BCUT2D eigenvalue weighted by atomic mass is 10.1. The number of rotatable bonds is 6. The Morgan fingerprint density at radius 3 is 2.58 bits per heavy atom. The van der Waals surface area contributed by atoms with Gasteiger partial charge in [0, 0.05) is 27.9 Å². The molecule has 3 aromatic carbocycles. The summed E-state index contributed by atoms with van der Waals surface area (Å²) >= 11 is 17.5. The van der Waals surface area contributed by atoms with Crippen molar-refractivity contribution in [1.29, 1.82) is 0 Å². The number of amides is 1. The van der Waals surface area contributed by atoms with Crippen LogP contribution in [-0.4, -0.2) is 16.0 Å². The van der Waals surface area contributed by atoms with Crippen LogP contribution in [0.25, 0.3) is 40.0 Å². The fraction of sp³-hybridized carbons (Fsp3) is 0.0690. The number of hydrogen-bond donors (Lipinski definition) is 2. The second-order valence-corrected chi connectivity index (χ2v) is 9.61. The predicted molar refractivity (Wildman–Crippen MR) is 156 cm³/mol. The first kappa shape index (κ1) is 25.7. The molecule has 0 spiro atoms. The van der Waals surface area contributed by atoms with E-state index >= 15 is 0 Å². The van der Waals surface area contributed by atoms with Gasteiger partial charge < -0.3 is 14.2 Å². The monoisotopic (exact) mass is 561 g/mol. The smallest absolute Gasteiger partial charge is 0.250 e. The fourth-order valence-corrected chi connectivity index (χ4v) is 4.48. The van der Waals surface area contributed by atoms with E-state index in [2.05, 4.69) is 22.5 Å². The van der Waals surface area contributed by atoms with E-state index < -0.39 is 5.91 Å². The molecule has 0 aliphatic carbocycles. The van der Waals surface area contributed by atoms with Crippen LogP contribution in [0.5, 0.6) is 0 Å². The minimum absolute atomic E-state index is 0.162. The van der Waals surface area contributed by atoms with Crippen LogP contribution in [0.1, 0.15) is 18.2 Å². The molecule has 5 aromatic rings. The van der Waals surface area contributed by atoms with Crippen LogP contribution in [0.15, 0.2) is 87.7 Å². The van der Waals surface area contributed by atoms with Gasteiger partial charge >= 0.3 is 0 Å². The van der Waals surface area contributed by atoms with Crippen LogP contribution in [0.3, 0.4) is 0 Å². The molecule has 2 heterocycles. The zero-order valence-electron chi connectivity index (χ0n) is 20.1. The van der Waals surface area contributed by atoms with Crippen molar-refractivity contribution >= 4 is 69.3 Å². The largest absolute Gasteiger partial charge is 0.457 e. The number of aromatic nitrogens is 1. The first-order valence-corrected chi connectivity index (χ1v) is 12.9. The lowest BCUT2D eigenvalue weighted by Crippen LogP contribution is -2.32. The van der Waals surface area contributed by atoms with Gasteiger partial charge in [0.05, 0.1) is 5.02 Å². The van der Waals surface area contributed by atoms with Crippen molar-refractivity contribution < 1.29 is 13.6 Å². The summed E-state index contributed by atoms with van der Waals surface area (Å²) in [4.78, 5) is 16.9. The number of benzene rings is 3. The molecule has 0 bridgehead atoms. The van der Waals surface area contributed by atoms with Crippen LogP contribution >= 0.6 is 35.4 Å². The third kappa shape index (κ3) is 5.97. The molecule has 0 aliphatic rings. The standard InChI is InChI=1S/C29H21Cl2N3O3S/c1-2-17-3-12-26-24(15-17)33-28(37-26)18-4-7-20(8-5-18)32-29(38)34-27(35)14-10-21-9-13-25(36-21)22-11-6-19(30)16-23(22)31/h3-16H,2H2,1H3,(H2,32,34,35,38)/b14-10+. The number of hydrogen-bond acceptors (Lipinski definition) is 5. The number of fused-ring (bicyclic) bond motifs is 1. The molecule has 0 saturated carbocycles. The highest BCUT2D eigenvalue weighted by atomic mass is 35.5. The molecule has 0 saturated heterocycles. The number of thiocarbonyl (C=S) groups is 1. The van der Waals surface area contributed by atoms with Crippen molar-refractivity contribution in [3.63, 3.8) is 0 Å². The number of carbonyl (C=O) groups is 1. The Labute approximate surface area is 234 Å². The second-order valence-electron chi connectivity index (χ2n) is 8.35. The van der Waals surface area contributed by atoms with E-state index in [9.17, 15) is 4.79 Å². The summed E-state index contributed by atoms with van der Waals surface area (Å²) in [5.74, 6) is 1.19. The molecular formula is C29H21Cl2N3O3S. The molecule has 0 aliphatic heterocycles. The van der Waals surface area contributed by atoms with Crippen molar-refractivity contribution in [1.82, 2.24) is 10.3 Å². The quantitative estimate of drug-likeness (QED) is 0.161. The van der Waals surface area contributed by atoms with Crippen LogP contribution in [0.2, 0.25) is 10.0 Å². The summed E-state index contributed by atoms with van der Waals surface area (Å²) in [5, 5.41) is 6.78. The van der Waals surface area contributed by atoms with E-state index in [0.717, 1.165) is 23.1 Å². The highest BCUT2D eigenvalue weighted by Crippen LogP contribution is 2.32. The highest BCUT2D eigenvalue weighted by molar-refractivity contribution is 7.80. The van der Waals surface area contributed by atoms with Gasteiger partial charge in [0.25, 0.3) is 0 Å². The SMILES string of the molecule is CCc1ccc2oc(-c3ccc(NC(=S)NC(=O)/C=C/c4ccc(-c5ccc(Cl)cc5Cl)o4)cc3)nc2c1. The van der Waals surface area contributed by atoms with Gasteiger partial charge in [-0.25, -0.2) is 4.98 Å². The van der Waals surface area contributed by atoms with Crippen molar-refractivity contribution in [2.75, 3.05) is 5.32 Å². The van der Waals surface area contributed by atoms with Crippen molar-refractivity contribution in [3.8, 4) is 22.8 Å². The number of aryl methyl sites for hydroxylation is 1. The Bertz CT molecular complexity index is 1670. The van der Waals surface area contributed by atoms with E-state index in [4.69, 9.17) is 44.3 Å². The van der Waals surface area contributed by atoms with Crippen molar-refractivity contribution in [3.05, 3.63) is 100 Å². The molecule has 1 amide bonds. The van der Waals surface area contributed by atoms with E-state index in [1.165, 1.54) is 11.6 Å². The first-order chi connectivity index (χ1) is 18.4. The Morgan fingerprint density at radius 1 is 1.00 bits per heavy atom. The third-order valence-corrected chi connectivity index (χ3v) is 6.46. The summed E-state index contributed by atoms with van der Waals surface area (Å²) in [5.41, 5.74) is 5.04. The molecular weight excluding hydrogens is 541 g/mol. The number of nitrogens with zero attached hydrogens (tertiary/aromatic N) is 1. The lowest BCUT2D eigenvalue weighted by Gasteiger charge is -2.08. The summed E-state index contributed by atoms with van der Waals surface area (Å²) in [6, 6.07) is 22.1. The molecule has 5 rings (SSSR count). The van der Waals surface area contributed by atoms with Gasteiger partial charge in [-0.05, 0) is 97.0 Å². The van der Waals surface area contributed by atoms with Crippen LogP contribution in [0.4, 0.5) is 5.69 Å². The number of halogens is 2. The minimum atomic E-state index is -0.403. The zero-order chi connectivity index (χ0) is 26.6. The average Bonchev–Trinajstić information content (AvgIpc) is 3.54. The normalized spacial score (nSPS) is 11.2. The molecule has 0 radical (unpaired) electrons. The van der Waals surface area contributed by atoms with Crippen molar-refractivity contribution in [2.24, 2.45) is 0 Å². The highest BCUT2D eigenvalue weighted by Gasteiger charge is 2.11. The minimum Gasteiger partial charge on any atom is -0.457 e. The summed E-state index contributed by atoms with van der Waals surface area (Å²) < 4.78 is 11.7. The fourth-order valence-electron chi connectivity index (χ4n) is 3.76. The Hall–Kier alpha value is -3.91. The first-order valence-electron chi connectivity index (χ1n) is 11.7. The molecule has 0 fully saturated rings. The maximum atomic E-state index is 12.3. The summed E-state index contributed by atoms with van der Waals surface area (Å²) in [6.45, 7) is 2.10. The number of carbonyl (C=O) groups excluding carboxylic acids is 1.